The highest BCUT2D eigenvalue weighted by Gasteiger charge is 2.49. The molecule has 0 unspecified atom stereocenters. The molecule has 105 heavy (non-hydrogen) atoms. The van der Waals surface area contributed by atoms with Crippen molar-refractivity contribution in [1.29, 1.82) is 0 Å². The summed E-state index contributed by atoms with van der Waals surface area (Å²) >= 11 is 0. The number of benzene rings is 14. The molecule has 2 aliphatic heterocycles. The second kappa shape index (κ2) is 23.4. The molecule has 4 nitrogen and oxygen atoms in total. The van der Waals surface area contributed by atoms with E-state index in [0.29, 0.717) is 0 Å². The van der Waals surface area contributed by atoms with Crippen molar-refractivity contribution >= 4 is 117 Å². The van der Waals surface area contributed by atoms with Crippen LogP contribution in [0.5, 0.6) is 0 Å². The number of nitrogens with zero attached hydrogens (tertiary/aromatic N) is 4. The van der Waals surface area contributed by atoms with Crippen molar-refractivity contribution in [3.8, 4) is 61.3 Å². The van der Waals surface area contributed by atoms with Gasteiger partial charge in [-0.15, -0.1) is 0 Å². The standard InChI is InChI=1S/C100H85BN4/c1-97(2,3)68-47-52-85-79(55-68)80-56-69(98(4,5)6)48-53-86(80)102(85)72-49-50-81-88(61-72)105(93-77(65-38-24-16-25-39-65)59-71(100(10,11)12)60-78(93)66-40-26-17-27-41-66)96-90-74-43-29-31-45-84(74)103-83-44-30-28-42-73(83)89(94(90)103)95-91(96)101(81)82-54-67(62-32-18-13-19-33-62)46-51-87(82)104(95)92-75(63-34-20-14-21-35-63)57-70(99(7,8)9)58-76(92)64-36-22-15-23-37-64/h13-61H,1-12H3. The maximum Gasteiger partial charge on any atom is 0.252 e. The number of hydrogen-bond acceptors (Lipinski definition) is 2. The zero-order chi connectivity index (χ0) is 71.7. The maximum atomic E-state index is 2.82. The fraction of sp³-hybridized carbons (Fsp3) is 0.160. The molecule has 0 N–H and O–H groups in total. The van der Waals surface area contributed by atoms with Crippen molar-refractivity contribution in [2.45, 2.75) is 105 Å². The molecule has 0 spiro atoms. The third kappa shape index (κ3) is 10.0. The van der Waals surface area contributed by atoms with Crippen LogP contribution in [0.3, 0.4) is 0 Å². The van der Waals surface area contributed by atoms with Crippen LogP contribution < -0.4 is 26.2 Å². The highest BCUT2D eigenvalue weighted by Crippen LogP contribution is 2.60. The molecular formula is C100H85BN4. The molecule has 0 aliphatic carbocycles. The Balaban J connectivity index is 1.07. The number of anilines is 6. The Morgan fingerprint density at radius 3 is 1.05 bits per heavy atom. The molecule has 0 amide bonds. The lowest BCUT2D eigenvalue weighted by Crippen LogP contribution is -2.61. The van der Waals surface area contributed by atoms with Crippen LogP contribution >= 0.6 is 0 Å². The van der Waals surface area contributed by atoms with Crippen LogP contribution in [0.15, 0.2) is 297 Å². The molecule has 5 heteroatoms. The monoisotopic (exact) mass is 1350 g/mol. The molecule has 0 saturated carbocycles. The van der Waals surface area contributed by atoms with Gasteiger partial charge in [0.1, 0.15) is 0 Å². The van der Waals surface area contributed by atoms with E-state index >= 15 is 0 Å². The third-order valence-electron chi connectivity index (χ3n) is 23.0. The summed E-state index contributed by atoms with van der Waals surface area (Å²) in [6.07, 6.45) is 0. The van der Waals surface area contributed by atoms with Crippen molar-refractivity contribution in [3.63, 3.8) is 0 Å². The fourth-order valence-electron chi connectivity index (χ4n) is 17.6. The predicted molar refractivity (Wildman–Crippen MR) is 451 cm³/mol. The lowest BCUT2D eigenvalue weighted by Gasteiger charge is -2.46. The first kappa shape index (κ1) is 64.2. The molecule has 5 heterocycles. The Morgan fingerprint density at radius 1 is 0.257 bits per heavy atom. The van der Waals surface area contributed by atoms with Crippen LogP contribution in [0.1, 0.15) is 105 Å². The summed E-state index contributed by atoms with van der Waals surface area (Å²) in [5.74, 6) is 0. The van der Waals surface area contributed by atoms with E-state index in [1.165, 1.54) is 143 Å². The molecule has 2 aliphatic rings. The molecule has 0 atom stereocenters. The SMILES string of the molecule is CC(C)(C)c1cc(-c2ccccc2)c(N2c3ccc(-c4ccccc4)cc3B3c4ccc(-n5c6ccc(C(C)(C)C)cc6c6cc(C(C)(C)C)ccc65)cc4N(c4c(-c5ccccc5)cc(C(C)(C)C)cc4-c4ccccc4)c4c3c2c2c3ccccc3n3c5ccccc5c4c23)c(-c2ccccc2)c1. The van der Waals surface area contributed by atoms with Crippen LogP contribution in [0.4, 0.5) is 34.1 Å². The van der Waals surface area contributed by atoms with Crippen molar-refractivity contribution in [1.82, 2.24) is 8.97 Å². The first-order chi connectivity index (χ1) is 50.7. The van der Waals surface area contributed by atoms with E-state index in [1.54, 1.807) is 0 Å². The second-order valence-electron chi connectivity index (χ2n) is 33.7. The maximum absolute atomic E-state index is 2.82. The molecular weight excluding hydrogens is 1270 g/mol. The van der Waals surface area contributed by atoms with E-state index in [9.17, 15) is 0 Å². The largest absolute Gasteiger partial charge is 0.309 e. The van der Waals surface area contributed by atoms with Gasteiger partial charge in [-0.2, -0.15) is 0 Å². The van der Waals surface area contributed by atoms with Gasteiger partial charge in [-0.25, -0.2) is 0 Å². The predicted octanol–water partition coefficient (Wildman–Crippen LogP) is 25.5. The number of rotatable bonds is 8. The average Bonchev–Trinajstić information content (AvgIpc) is 1.56. The minimum Gasteiger partial charge on any atom is -0.309 e. The lowest BCUT2D eigenvalue weighted by molar-refractivity contribution is 0.590. The zero-order valence-corrected chi connectivity index (χ0v) is 62.2. The highest BCUT2D eigenvalue weighted by atomic mass is 15.2. The Hall–Kier alpha value is -11.7. The van der Waals surface area contributed by atoms with Crippen LogP contribution in [-0.4, -0.2) is 15.7 Å². The van der Waals surface area contributed by atoms with Crippen molar-refractivity contribution < 1.29 is 0 Å². The molecule has 3 aromatic heterocycles. The molecule has 0 fully saturated rings. The van der Waals surface area contributed by atoms with Crippen molar-refractivity contribution in [2.75, 3.05) is 9.80 Å². The molecule has 0 radical (unpaired) electrons. The van der Waals surface area contributed by atoms with Crippen molar-refractivity contribution in [3.05, 3.63) is 320 Å². The van der Waals surface area contributed by atoms with E-state index in [1.807, 2.05) is 0 Å². The minimum absolute atomic E-state index is 0.0657. The summed E-state index contributed by atoms with van der Waals surface area (Å²) in [6.45, 7) is 27.9. The second-order valence-corrected chi connectivity index (χ2v) is 33.7. The van der Waals surface area contributed by atoms with Gasteiger partial charge in [0.15, 0.2) is 0 Å². The van der Waals surface area contributed by atoms with Gasteiger partial charge in [-0.1, -0.05) is 301 Å². The van der Waals surface area contributed by atoms with Gasteiger partial charge in [-0.05, 0) is 173 Å². The Labute approximate surface area is 617 Å². The Morgan fingerprint density at radius 2 is 0.638 bits per heavy atom. The van der Waals surface area contributed by atoms with E-state index in [2.05, 4.69) is 399 Å². The van der Waals surface area contributed by atoms with Gasteiger partial charge in [-0.3, -0.25) is 0 Å². The highest BCUT2D eigenvalue weighted by molar-refractivity contribution is 7.01. The van der Waals surface area contributed by atoms with Gasteiger partial charge in [0.25, 0.3) is 6.71 Å². The fourth-order valence-corrected chi connectivity index (χ4v) is 17.6. The summed E-state index contributed by atoms with van der Waals surface area (Å²) in [5, 5.41) is 7.42. The van der Waals surface area contributed by atoms with Crippen LogP contribution in [0.25, 0.3) is 121 Å². The Bertz CT molecular complexity index is 6160. The van der Waals surface area contributed by atoms with E-state index in [-0.39, 0.29) is 28.4 Å². The summed E-state index contributed by atoms with van der Waals surface area (Å²) in [7, 11) is 0. The quantitative estimate of drug-likeness (QED) is 0.141. The van der Waals surface area contributed by atoms with Gasteiger partial charge in [0.2, 0.25) is 0 Å². The van der Waals surface area contributed by atoms with Gasteiger partial charge >= 0.3 is 0 Å². The molecule has 0 bridgehead atoms. The van der Waals surface area contributed by atoms with Crippen LogP contribution in [0.2, 0.25) is 0 Å². The Kier molecular flexibility index (Phi) is 14.3. The van der Waals surface area contributed by atoms with Gasteiger partial charge < -0.3 is 18.8 Å². The molecule has 508 valence electrons. The normalized spacial score (nSPS) is 13.3. The minimum atomic E-state index is -0.300. The first-order valence-corrected chi connectivity index (χ1v) is 37.5. The lowest BCUT2D eigenvalue weighted by atomic mass is 9.33. The van der Waals surface area contributed by atoms with Crippen LogP contribution in [-0.2, 0) is 21.7 Å². The van der Waals surface area contributed by atoms with Gasteiger partial charge in [0.05, 0.1) is 50.3 Å². The van der Waals surface area contributed by atoms with E-state index in [0.717, 1.165) is 50.7 Å². The number of hydrogen-bond donors (Lipinski definition) is 0. The summed E-state index contributed by atoms with van der Waals surface area (Å²) in [6, 6.07) is 114. The molecule has 0 saturated heterocycles. The summed E-state index contributed by atoms with van der Waals surface area (Å²) in [5.41, 5.74) is 34.0. The molecule has 14 aromatic carbocycles. The third-order valence-corrected chi connectivity index (χ3v) is 23.0. The van der Waals surface area contributed by atoms with Crippen LogP contribution in [0, 0.1) is 0 Å². The summed E-state index contributed by atoms with van der Waals surface area (Å²) < 4.78 is 5.21. The number of aromatic nitrogens is 2. The molecule has 19 rings (SSSR count). The smallest absolute Gasteiger partial charge is 0.252 e. The molecule has 17 aromatic rings. The van der Waals surface area contributed by atoms with E-state index < -0.39 is 0 Å². The number of fused-ring (bicyclic) bond motifs is 15. The topological polar surface area (TPSA) is 15.8 Å². The summed E-state index contributed by atoms with van der Waals surface area (Å²) in [4.78, 5) is 5.60. The van der Waals surface area contributed by atoms with E-state index in [4.69, 9.17) is 0 Å². The van der Waals surface area contributed by atoms with Crippen molar-refractivity contribution in [2.24, 2.45) is 0 Å². The zero-order valence-electron chi connectivity index (χ0n) is 62.2. The van der Waals surface area contributed by atoms with Gasteiger partial charge in [0, 0.05) is 71.6 Å². The average molecular weight is 1350 g/mol. The first-order valence-electron chi connectivity index (χ1n) is 37.5. The number of para-hydroxylation sites is 2.